The van der Waals surface area contributed by atoms with Gasteiger partial charge in [0, 0.05) is 23.3 Å². The number of ketones is 1. The zero-order chi connectivity index (χ0) is 16.7. The van der Waals surface area contributed by atoms with Gasteiger partial charge in [0.1, 0.15) is 0 Å². The Balaban J connectivity index is 2.27. The molecular weight excluding hydrogens is 292 g/mol. The number of Topliss-reactive ketones (excluding diaryl/α,β-unsaturated/α-hetero) is 1. The first-order chi connectivity index (χ1) is 10.0. The minimum absolute atomic E-state index is 0.0535. The van der Waals surface area contributed by atoms with E-state index in [1.54, 1.807) is 0 Å². The van der Waals surface area contributed by atoms with Crippen LogP contribution in [0.15, 0.2) is 22.3 Å². The molecule has 0 unspecified atom stereocenters. The highest BCUT2D eigenvalue weighted by atomic mass is 28.3. The second-order valence-corrected chi connectivity index (χ2v) is 13.8. The average molecular weight is 323 g/mol. The van der Waals surface area contributed by atoms with Crippen molar-refractivity contribution in [3.8, 4) is 0 Å². The molecule has 1 fully saturated rings. The van der Waals surface area contributed by atoms with E-state index in [1.807, 2.05) is 13.8 Å². The van der Waals surface area contributed by atoms with Crippen LogP contribution in [0.4, 0.5) is 0 Å². The van der Waals surface area contributed by atoms with Gasteiger partial charge in [0.15, 0.2) is 5.78 Å². The zero-order valence-electron chi connectivity index (χ0n) is 15.1. The Labute approximate surface area is 135 Å². The standard InChI is InChI=1S/C18H30O3Si/c1-12(2)16(19)14-8-13(9-15(14)22(5,6)7)17-20-10-18(3,4)11-21-17/h12H,8-11H2,1-7H3. The smallest absolute Gasteiger partial charge is 0.278 e. The molecule has 0 atom stereocenters. The first-order valence-corrected chi connectivity index (χ1v) is 11.8. The monoisotopic (exact) mass is 322 g/mol. The highest BCUT2D eigenvalue weighted by molar-refractivity contribution is 6.83. The van der Waals surface area contributed by atoms with Gasteiger partial charge in [0.25, 0.3) is 5.95 Å². The number of allylic oxidation sites excluding steroid dienone is 3. The third-order valence-corrected chi connectivity index (χ3v) is 6.64. The van der Waals surface area contributed by atoms with Crippen molar-refractivity contribution in [2.45, 2.75) is 60.2 Å². The van der Waals surface area contributed by atoms with Gasteiger partial charge >= 0.3 is 0 Å². The minimum Gasteiger partial charge on any atom is -0.465 e. The lowest BCUT2D eigenvalue weighted by Crippen LogP contribution is -2.31. The van der Waals surface area contributed by atoms with E-state index in [0.29, 0.717) is 31.4 Å². The predicted octanol–water partition coefficient (Wildman–Crippen LogP) is 4.46. The second kappa shape index (κ2) is 5.87. The van der Waals surface area contributed by atoms with E-state index in [1.165, 1.54) is 5.20 Å². The number of ether oxygens (including phenoxy) is 2. The summed E-state index contributed by atoms with van der Waals surface area (Å²) in [5.74, 6) is 1.03. The number of hydrogen-bond donors (Lipinski definition) is 0. The van der Waals surface area contributed by atoms with Gasteiger partial charge in [-0.1, -0.05) is 52.5 Å². The molecule has 22 heavy (non-hydrogen) atoms. The molecule has 0 aromatic rings. The summed E-state index contributed by atoms with van der Waals surface area (Å²) >= 11 is 0. The van der Waals surface area contributed by atoms with Crippen LogP contribution >= 0.6 is 0 Å². The second-order valence-electron chi connectivity index (χ2n) is 8.71. The Morgan fingerprint density at radius 1 is 1.09 bits per heavy atom. The van der Waals surface area contributed by atoms with Crippen molar-refractivity contribution in [2.24, 2.45) is 11.3 Å². The Kier molecular flexibility index (Phi) is 4.63. The largest absolute Gasteiger partial charge is 0.465 e. The lowest BCUT2D eigenvalue weighted by molar-refractivity contribution is -0.118. The van der Waals surface area contributed by atoms with E-state index in [0.717, 1.165) is 17.6 Å². The molecule has 0 radical (unpaired) electrons. The fourth-order valence-electron chi connectivity index (χ4n) is 2.96. The van der Waals surface area contributed by atoms with Gasteiger partial charge in [-0.3, -0.25) is 4.79 Å². The SMILES string of the molecule is CC(C)C(=O)C1=C([Si](C)(C)C)CC(=C2OCC(C)(C)CO2)C1. The maximum absolute atomic E-state index is 12.6. The highest BCUT2D eigenvalue weighted by Gasteiger charge is 2.36. The fourth-order valence-corrected chi connectivity index (χ4v) is 4.82. The molecule has 124 valence electrons. The molecule has 4 heteroatoms. The predicted molar refractivity (Wildman–Crippen MR) is 92.2 cm³/mol. The normalized spacial score (nSPS) is 22.0. The van der Waals surface area contributed by atoms with Gasteiger partial charge < -0.3 is 9.47 Å². The molecule has 0 aromatic carbocycles. The molecule has 1 aliphatic carbocycles. The van der Waals surface area contributed by atoms with Gasteiger partial charge in [0.2, 0.25) is 0 Å². The van der Waals surface area contributed by atoms with E-state index < -0.39 is 8.07 Å². The van der Waals surface area contributed by atoms with Crippen molar-refractivity contribution in [1.82, 2.24) is 0 Å². The topological polar surface area (TPSA) is 35.5 Å². The summed E-state index contributed by atoms with van der Waals surface area (Å²) in [5, 5.41) is 1.38. The molecule has 0 aromatic heterocycles. The van der Waals surface area contributed by atoms with Crippen LogP contribution in [0.25, 0.3) is 0 Å². The molecule has 0 amide bonds. The van der Waals surface area contributed by atoms with Crippen molar-refractivity contribution in [2.75, 3.05) is 13.2 Å². The van der Waals surface area contributed by atoms with E-state index in [4.69, 9.17) is 9.47 Å². The van der Waals surface area contributed by atoms with Crippen molar-refractivity contribution in [3.63, 3.8) is 0 Å². The maximum Gasteiger partial charge on any atom is 0.278 e. The first-order valence-electron chi connectivity index (χ1n) is 8.25. The minimum atomic E-state index is -1.52. The number of carbonyl (C=O) groups excluding carboxylic acids is 1. The molecule has 3 nitrogen and oxygen atoms in total. The van der Waals surface area contributed by atoms with Gasteiger partial charge in [-0.25, -0.2) is 0 Å². The molecule has 0 saturated carbocycles. The highest BCUT2D eigenvalue weighted by Crippen LogP contribution is 2.41. The zero-order valence-corrected chi connectivity index (χ0v) is 16.1. The van der Waals surface area contributed by atoms with Crippen LogP contribution in [0.2, 0.25) is 19.6 Å². The van der Waals surface area contributed by atoms with E-state index in [-0.39, 0.29) is 11.3 Å². The van der Waals surface area contributed by atoms with Crippen molar-refractivity contribution < 1.29 is 14.3 Å². The third-order valence-electron chi connectivity index (χ3n) is 4.35. The van der Waals surface area contributed by atoms with Crippen LogP contribution in [-0.4, -0.2) is 27.1 Å². The van der Waals surface area contributed by atoms with E-state index in [9.17, 15) is 4.79 Å². The van der Waals surface area contributed by atoms with Crippen LogP contribution in [0.5, 0.6) is 0 Å². The Hall–Kier alpha value is -1.03. The molecule has 0 spiro atoms. The number of hydrogen-bond acceptors (Lipinski definition) is 3. The Morgan fingerprint density at radius 2 is 1.64 bits per heavy atom. The average Bonchev–Trinajstić information content (AvgIpc) is 2.82. The van der Waals surface area contributed by atoms with Gasteiger partial charge in [-0.05, 0) is 12.0 Å². The molecule has 2 rings (SSSR count). The Bertz CT molecular complexity index is 521. The van der Waals surface area contributed by atoms with Crippen LogP contribution < -0.4 is 0 Å². The molecule has 1 aliphatic heterocycles. The summed E-state index contributed by atoms with van der Waals surface area (Å²) in [6.45, 7) is 16.6. The summed E-state index contributed by atoms with van der Waals surface area (Å²) in [6.07, 6.45) is 1.58. The van der Waals surface area contributed by atoms with E-state index >= 15 is 0 Å². The number of rotatable bonds is 3. The number of carbonyl (C=O) groups is 1. The van der Waals surface area contributed by atoms with Crippen LogP contribution in [0, 0.1) is 11.3 Å². The van der Waals surface area contributed by atoms with Gasteiger partial charge in [-0.2, -0.15) is 0 Å². The molecule has 0 bridgehead atoms. The van der Waals surface area contributed by atoms with Crippen LogP contribution in [-0.2, 0) is 14.3 Å². The third kappa shape index (κ3) is 3.65. The molecule has 2 aliphatic rings. The summed E-state index contributed by atoms with van der Waals surface area (Å²) in [4.78, 5) is 12.6. The lowest BCUT2D eigenvalue weighted by Gasteiger charge is -2.32. The maximum atomic E-state index is 12.6. The molecular formula is C18H30O3Si. The Morgan fingerprint density at radius 3 is 2.09 bits per heavy atom. The summed E-state index contributed by atoms with van der Waals surface area (Å²) in [7, 11) is -1.52. The van der Waals surface area contributed by atoms with Crippen molar-refractivity contribution >= 4 is 13.9 Å². The van der Waals surface area contributed by atoms with E-state index in [2.05, 4.69) is 33.5 Å². The molecule has 1 heterocycles. The summed E-state index contributed by atoms with van der Waals surface area (Å²) in [6, 6.07) is 0. The fraction of sp³-hybridized carbons (Fsp3) is 0.722. The molecule has 1 saturated heterocycles. The lowest BCUT2D eigenvalue weighted by atomic mass is 9.95. The quantitative estimate of drug-likeness (QED) is 0.719. The van der Waals surface area contributed by atoms with Crippen molar-refractivity contribution in [1.29, 1.82) is 0 Å². The van der Waals surface area contributed by atoms with Crippen molar-refractivity contribution in [3.05, 3.63) is 22.3 Å². The summed E-state index contributed by atoms with van der Waals surface area (Å²) in [5.41, 5.74) is 2.26. The van der Waals surface area contributed by atoms with Gasteiger partial charge in [-0.15, -0.1) is 0 Å². The van der Waals surface area contributed by atoms with Crippen LogP contribution in [0.3, 0.4) is 0 Å². The summed E-state index contributed by atoms with van der Waals surface area (Å²) < 4.78 is 11.7. The van der Waals surface area contributed by atoms with Crippen LogP contribution in [0.1, 0.15) is 40.5 Å². The molecule has 0 N–H and O–H groups in total. The van der Waals surface area contributed by atoms with Gasteiger partial charge in [0.05, 0.1) is 21.3 Å². The first kappa shape index (κ1) is 17.3.